The Morgan fingerprint density at radius 3 is 2.71 bits per heavy atom. The molecule has 1 aliphatic heterocycles. The molecule has 0 spiro atoms. The highest BCUT2D eigenvalue weighted by atomic mass is 16.5. The molecule has 1 fully saturated rings. The van der Waals surface area contributed by atoms with Crippen LogP contribution in [0.3, 0.4) is 0 Å². The van der Waals surface area contributed by atoms with Crippen molar-refractivity contribution in [3.63, 3.8) is 0 Å². The second kappa shape index (κ2) is 7.93. The molecular formula is C20H22N4O4. The molecule has 0 amide bonds. The minimum absolute atomic E-state index is 0.110. The number of pyridine rings is 1. The van der Waals surface area contributed by atoms with Gasteiger partial charge in [-0.15, -0.1) is 0 Å². The van der Waals surface area contributed by atoms with Crippen molar-refractivity contribution in [2.75, 3.05) is 27.4 Å². The first-order valence-electron chi connectivity index (χ1n) is 9.22. The Bertz CT molecular complexity index is 995. The second-order valence-corrected chi connectivity index (χ2v) is 6.69. The number of hydrogen-bond acceptors (Lipinski definition) is 7. The predicted octanol–water partition coefficient (Wildman–Crippen LogP) is 2.46. The Balaban J connectivity index is 1.65. The highest BCUT2D eigenvalue weighted by Crippen LogP contribution is 2.28. The van der Waals surface area contributed by atoms with Gasteiger partial charge in [-0.1, -0.05) is 0 Å². The SMILES string of the molecule is COc1ncccc1C(=O)Cc1cn2cc(C3CCOCC3)nc2c(OC)n1. The second-order valence-electron chi connectivity index (χ2n) is 6.69. The quantitative estimate of drug-likeness (QED) is 0.605. The van der Waals surface area contributed by atoms with Gasteiger partial charge in [0.2, 0.25) is 11.5 Å². The van der Waals surface area contributed by atoms with Crippen LogP contribution in [0, 0.1) is 0 Å². The fourth-order valence-electron chi connectivity index (χ4n) is 3.48. The Hall–Kier alpha value is -3.00. The van der Waals surface area contributed by atoms with Gasteiger partial charge in [-0.3, -0.25) is 4.79 Å². The normalized spacial score (nSPS) is 14.9. The van der Waals surface area contributed by atoms with E-state index in [0.717, 1.165) is 31.7 Å². The average Bonchev–Trinajstić information content (AvgIpc) is 3.18. The number of fused-ring (bicyclic) bond motifs is 1. The van der Waals surface area contributed by atoms with Crippen LogP contribution in [-0.2, 0) is 11.2 Å². The molecule has 0 radical (unpaired) electrons. The van der Waals surface area contributed by atoms with Crippen LogP contribution in [0.25, 0.3) is 5.65 Å². The number of hydrogen-bond donors (Lipinski definition) is 0. The third-order valence-corrected chi connectivity index (χ3v) is 4.91. The number of Topliss-reactive ketones (excluding diaryl/α,β-unsaturated/α-hetero) is 1. The summed E-state index contributed by atoms with van der Waals surface area (Å²) >= 11 is 0. The molecule has 146 valence electrons. The first-order chi connectivity index (χ1) is 13.7. The van der Waals surface area contributed by atoms with Crippen LogP contribution < -0.4 is 9.47 Å². The maximum absolute atomic E-state index is 12.7. The van der Waals surface area contributed by atoms with Gasteiger partial charge in [-0.2, -0.15) is 0 Å². The van der Waals surface area contributed by atoms with Crippen molar-refractivity contribution in [3.8, 4) is 11.8 Å². The topological polar surface area (TPSA) is 87.8 Å². The molecule has 0 bridgehead atoms. The number of imidazole rings is 1. The average molecular weight is 382 g/mol. The Morgan fingerprint density at radius 2 is 1.96 bits per heavy atom. The lowest BCUT2D eigenvalue weighted by molar-refractivity contribution is 0.0846. The minimum atomic E-state index is -0.122. The van der Waals surface area contributed by atoms with Gasteiger partial charge >= 0.3 is 0 Å². The van der Waals surface area contributed by atoms with Crippen LogP contribution in [0.5, 0.6) is 11.8 Å². The van der Waals surface area contributed by atoms with Gasteiger partial charge in [0.15, 0.2) is 5.78 Å². The molecule has 0 atom stereocenters. The molecule has 3 aromatic rings. The van der Waals surface area contributed by atoms with Gasteiger partial charge in [-0.25, -0.2) is 15.0 Å². The maximum atomic E-state index is 12.7. The van der Waals surface area contributed by atoms with Crippen molar-refractivity contribution in [1.82, 2.24) is 19.4 Å². The summed E-state index contributed by atoms with van der Waals surface area (Å²) in [4.78, 5) is 26.0. The first-order valence-corrected chi connectivity index (χ1v) is 9.22. The molecule has 4 heterocycles. The van der Waals surface area contributed by atoms with E-state index in [2.05, 4.69) is 9.97 Å². The van der Waals surface area contributed by atoms with E-state index in [9.17, 15) is 4.79 Å². The molecule has 0 saturated carbocycles. The van der Waals surface area contributed by atoms with Crippen molar-refractivity contribution in [2.45, 2.75) is 25.2 Å². The molecule has 0 aliphatic carbocycles. The number of rotatable bonds is 6. The predicted molar refractivity (Wildman–Crippen MR) is 101 cm³/mol. The number of ketones is 1. The van der Waals surface area contributed by atoms with Crippen molar-refractivity contribution in [1.29, 1.82) is 0 Å². The van der Waals surface area contributed by atoms with E-state index in [1.165, 1.54) is 7.11 Å². The van der Waals surface area contributed by atoms with E-state index in [0.29, 0.717) is 34.6 Å². The summed E-state index contributed by atoms with van der Waals surface area (Å²) in [5.41, 5.74) is 2.68. The van der Waals surface area contributed by atoms with E-state index in [4.69, 9.17) is 19.2 Å². The number of carbonyl (C=O) groups excluding carboxylic acids is 1. The summed E-state index contributed by atoms with van der Waals surface area (Å²) in [5.74, 6) is 0.957. The van der Waals surface area contributed by atoms with Gasteiger partial charge in [0.05, 0.1) is 37.6 Å². The molecule has 0 unspecified atom stereocenters. The lowest BCUT2D eigenvalue weighted by Crippen LogP contribution is -2.14. The van der Waals surface area contributed by atoms with E-state index < -0.39 is 0 Å². The van der Waals surface area contributed by atoms with Crippen LogP contribution in [0.2, 0.25) is 0 Å². The number of methoxy groups -OCH3 is 2. The molecular weight excluding hydrogens is 360 g/mol. The zero-order chi connectivity index (χ0) is 19.5. The summed E-state index contributed by atoms with van der Waals surface area (Å²) < 4.78 is 17.9. The van der Waals surface area contributed by atoms with Gasteiger partial charge in [0.25, 0.3) is 5.88 Å². The van der Waals surface area contributed by atoms with Gasteiger partial charge < -0.3 is 18.6 Å². The largest absolute Gasteiger partial charge is 0.480 e. The fourth-order valence-corrected chi connectivity index (χ4v) is 3.48. The van der Waals surface area contributed by atoms with Crippen molar-refractivity contribution in [2.24, 2.45) is 0 Å². The van der Waals surface area contributed by atoms with Crippen LogP contribution in [0.15, 0.2) is 30.7 Å². The molecule has 8 heteroatoms. The monoisotopic (exact) mass is 382 g/mol. The Morgan fingerprint density at radius 1 is 1.18 bits per heavy atom. The van der Waals surface area contributed by atoms with Crippen LogP contribution in [0.1, 0.15) is 40.5 Å². The minimum Gasteiger partial charge on any atom is -0.480 e. The van der Waals surface area contributed by atoms with E-state index >= 15 is 0 Å². The van der Waals surface area contributed by atoms with Gasteiger partial charge in [0.1, 0.15) is 0 Å². The number of aromatic nitrogens is 4. The summed E-state index contributed by atoms with van der Waals surface area (Å²) in [7, 11) is 3.05. The smallest absolute Gasteiger partial charge is 0.258 e. The molecule has 4 rings (SSSR count). The van der Waals surface area contributed by atoms with Crippen molar-refractivity contribution in [3.05, 3.63) is 47.7 Å². The van der Waals surface area contributed by atoms with Crippen molar-refractivity contribution >= 4 is 11.4 Å². The van der Waals surface area contributed by atoms with Crippen molar-refractivity contribution < 1.29 is 19.0 Å². The number of nitrogens with zero attached hydrogens (tertiary/aromatic N) is 4. The molecule has 1 saturated heterocycles. The lowest BCUT2D eigenvalue weighted by atomic mass is 9.97. The van der Waals surface area contributed by atoms with Crippen LogP contribution in [-0.4, -0.2) is 52.6 Å². The Kier molecular flexibility index (Phi) is 5.21. The fraction of sp³-hybridized carbons (Fsp3) is 0.400. The van der Waals surface area contributed by atoms with Crippen LogP contribution in [0.4, 0.5) is 0 Å². The molecule has 8 nitrogen and oxygen atoms in total. The van der Waals surface area contributed by atoms with Gasteiger partial charge in [-0.05, 0) is 25.0 Å². The maximum Gasteiger partial charge on any atom is 0.258 e. The highest BCUT2D eigenvalue weighted by molar-refractivity contribution is 5.99. The zero-order valence-corrected chi connectivity index (χ0v) is 15.9. The molecule has 0 N–H and O–H groups in total. The standard InChI is InChI=1S/C20H22N4O4/c1-26-19-15(4-3-7-21-19)17(25)10-14-11-24-12-16(13-5-8-28-9-6-13)23-18(24)20(22-14)27-2/h3-4,7,11-13H,5-6,8-10H2,1-2H3. The zero-order valence-electron chi connectivity index (χ0n) is 15.9. The molecule has 1 aliphatic rings. The van der Waals surface area contributed by atoms with E-state index in [1.807, 2.05) is 16.8 Å². The van der Waals surface area contributed by atoms with Gasteiger partial charge in [0, 0.05) is 37.7 Å². The highest BCUT2D eigenvalue weighted by Gasteiger charge is 2.21. The van der Waals surface area contributed by atoms with E-state index in [1.54, 1.807) is 25.4 Å². The summed E-state index contributed by atoms with van der Waals surface area (Å²) in [6.45, 7) is 1.50. The third-order valence-electron chi connectivity index (χ3n) is 4.91. The first kappa shape index (κ1) is 18.4. The summed E-state index contributed by atoms with van der Waals surface area (Å²) in [6, 6.07) is 3.41. The molecule has 3 aromatic heterocycles. The summed E-state index contributed by atoms with van der Waals surface area (Å²) in [5, 5.41) is 0. The Labute approximate surface area is 162 Å². The van der Waals surface area contributed by atoms with Crippen LogP contribution >= 0.6 is 0 Å². The molecule has 28 heavy (non-hydrogen) atoms. The number of carbonyl (C=O) groups is 1. The third kappa shape index (κ3) is 3.55. The number of ether oxygens (including phenoxy) is 3. The lowest BCUT2D eigenvalue weighted by Gasteiger charge is -2.19. The van der Waals surface area contributed by atoms with E-state index in [-0.39, 0.29) is 12.2 Å². The molecule has 0 aromatic carbocycles. The summed E-state index contributed by atoms with van der Waals surface area (Å²) in [6.07, 6.45) is 7.42.